The zero-order chi connectivity index (χ0) is 15.3. The van der Waals surface area contributed by atoms with Gasteiger partial charge in [0.2, 0.25) is 5.91 Å². The van der Waals surface area contributed by atoms with Crippen molar-refractivity contribution in [3.8, 4) is 0 Å². The molecule has 108 valence electrons. The van der Waals surface area contributed by atoms with Crippen LogP contribution >= 0.6 is 31.9 Å². The zero-order valence-corrected chi connectivity index (χ0v) is 13.4. The molecule has 0 radical (unpaired) electrons. The number of nitrogens with one attached hydrogen (secondary N) is 1. The molecular formula is C12H12Br2N2O4. The molecule has 1 aromatic carbocycles. The minimum absolute atomic E-state index is 0.0510. The topological polar surface area (TPSA) is 109 Å². The number of carbonyl (C=O) groups is 3. The van der Waals surface area contributed by atoms with E-state index in [1.54, 1.807) is 18.2 Å². The van der Waals surface area contributed by atoms with Crippen LogP contribution in [-0.4, -0.2) is 28.9 Å². The van der Waals surface area contributed by atoms with Crippen molar-refractivity contribution in [1.29, 1.82) is 0 Å². The summed E-state index contributed by atoms with van der Waals surface area (Å²) in [7, 11) is 0. The lowest BCUT2D eigenvalue weighted by atomic mass is 10.1. The molecule has 20 heavy (non-hydrogen) atoms. The van der Waals surface area contributed by atoms with E-state index in [0.29, 0.717) is 10.0 Å². The predicted molar refractivity (Wildman–Crippen MR) is 79.2 cm³/mol. The summed E-state index contributed by atoms with van der Waals surface area (Å²) in [5, 5.41) is 11.4. The minimum atomic E-state index is -1.21. The molecule has 0 saturated carbocycles. The van der Waals surface area contributed by atoms with E-state index in [0.717, 1.165) is 4.47 Å². The number of aliphatic carboxylic acids is 1. The molecule has 1 aromatic rings. The number of carboxylic acid groups (broad SMARTS) is 1. The molecule has 8 heteroatoms. The number of hydrogen-bond donors (Lipinski definition) is 3. The molecule has 1 atom stereocenters. The second kappa shape index (κ2) is 7.39. The average Bonchev–Trinajstić information content (AvgIpc) is 2.33. The van der Waals surface area contributed by atoms with Gasteiger partial charge in [-0.1, -0.05) is 15.9 Å². The third-order valence-corrected chi connectivity index (χ3v) is 3.61. The van der Waals surface area contributed by atoms with Crippen molar-refractivity contribution in [2.75, 3.05) is 0 Å². The smallest absolute Gasteiger partial charge is 0.326 e. The van der Waals surface area contributed by atoms with Gasteiger partial charge in [-0.05, 0) is 40.5 Å². The number of primary amides is 1. The van der Waals surface area contributed by atoms with E-state index in [1.165, 1.54) is 0 Å². The van der Waals surface area contributed by atoms with Gasteiger partial charge in [-0.15, -0.1) is 0 Å². The van der Waals surface area contributed by atoms with Gasteiger partial charge in [0, 0.05) is 15.4 Å². The van der Waals surface area contributed by atoms with Crippen LogP contribution in [0.4, 0.5) is 0 Å². The molecule has 4 N–H and O–H groups in total. The van der Waals surface area contributed by atoms with E-state index >= 15 is 0 Å². The van der Waals surface area contributed by atoms with Crippen LogP contribution < -0.4 is 11.1 Å². The molecule has 0 aliphatic heterocycles. The third-order valence-electron chi connectivity index (χ3n) is 2.46. The van der Waals surface area contributed by atoms with Gasteiger partial charge in [0.15, 0.2) is 0 Å². The van der Waals surface area contributed by atoms with Gasteiger partial charge in [-0.2, -0.15) is 0 Å². The second-order valence-electron chi connectivity index (χ2n) is 3.99. The van der Waals surface area contributed by atoms with Crippen LogP contribution in [0, 0.1) is 0 Å². The van der Waals surface area contributed by atoms with Crippen LogP contribution in [0.15, 0.2) is 27.1 Å². The van der Waals surface area contributed by atoms with Gasteiger partial charge in [-0.25, -0.2) is 4.79 Å². The second-order valence-corrected chi connectivity index (χ2v) is 5.76. The maximum atomic E-state index is 12.0. The lowest BCUT2D eigenvalue weighted by molar-refractivity contribution is -0.139. The molecule has 0 bridgehead atoms. The first-order valence-corrected chi connectivity index (χ1v) is 7.17. The van der Waals surface area contributed by atoms with Gasteiger partial charge in [0.05, 0.1) is 5.56 Å². The first-order chi connectivity index (χ1) is 9.31. The molecule has 0 spiro atoms. The first kappa shape index (κ1) is 16.6. The third kappa shape index (κ3) is 4.93. The summed E-state index contributed by atoms with van der Waals surface area (Å²) in [6.07, 6.45) is -0.163. The van der Waals surface area contributed by atoms with Crippen LogP contribution in [-0.2, 0) is 9.59 Å². The molecule has 0 aliphatic carbocycles. The van der Waals surface area contributed by atoms with Crippen molar-refractivity contribution in [2.24, 2.45) is 5.73 Å². The molecule has 6 nitrogen and oxygen atoms in total. The number of carbonyl (C=O) groups excluding carboxylic acids is 2. The van der Waals surface area contributed by atoms with Crippen LogP contribution in [0.1, 0.15) is 23.2 Å². The number of halogens is 2. The molecule has 1 rings (SSSR count). The Balaban J connectivity index is 2.80. The fourth-order valence-corrected chi connectivity index (χ4v) is 2.68. The van der Waals surface area contributed by atoms with E-state index in [9.17, 15) is 14.4 Å². The molecule has 0 aliphatic rings. The monoisotopic (exact) mass is 406 g/mol. The highest BCUT2D eigenvalue weighted by atomic mass is 79.9. The van der Waals surface area contributed by atoms with Crippen LogP contribution in [0.25, 0.3) is 0 Å². The summed E-state index contributed by atoms with van der Waals surface area (Å²) in [4.78, 5) is 33.7. The summed E-state index contributed by atoms with van der Waals surface area (Å²) in [5.74, 6) is -2.37. The van der Waals surface area contributed by atoms with E-state index in [1.807, 2.05) is 0 Å². The number of benzene rings is 1. The Bertz CT molecular complexity index is 548. The SMILES string of the molecule is NC(=O)CCC(NC(=O)c1ccc(Br)cc1Br)C(=O)O. The fourth-order valence-electron chi connectivity index (χ4n) is 1.45. The number of hydrogen-bond acceptors (Lipinski definition) is 3. The molecule has 0 fully saturated rings. The maximum Gasteiger partial charge on any atom is 0.326 e. The van der Waals surface area contributed by atoms with Crippen molar-refractivity contribution in [3.63, 3.8) is 0 Å². The summed E-state index contributed by atoms with van der Waals surface area (Å²) < 4.78 is 1.31. The quantitative estimate of drug-likeness (QED) is 0.665. The minimum Gasteiger partial charge on any atom is -0.480 e. The number of amides is 2. The molecule has 0 heterocycles. The number of nitrogens with two attached hydrogens (primary N) is 1. The molecule has 2 amide bonds. The lowest BCUT2D eigenvalue weighted by Gasteiger charge is -2.14. The summed E-state index contributed by atoms with van der Waals surface area (Å²) in [5.41, 5.74) is 5.27. The van der Waals surface area contributed by atoms with Crippen LogP contribution in [0.2, 0.25) is 0 Å². The van der Waals surface area contributed by atoms with E-state index in [4.69, 9.17) is 10.8 Å². The molecular weight excluding hydrogens is 396 g/mol. The van der Waals surface area contributed by atoms with Crippen molar-refractivity contribution < 1.29 is 19.5 Å². The Morgan fingerprint density at radius 2 is 1.95 bits per heavy atom. The van der Waals surface area contributed by atoms with Crippen molar-refractivity contribution in [3.05, 3.63) is 32.7 Å². The summed E-state index contributed by atoms with van der Waals surface area (Å²) >= 11 is 6.48. The number of rotatable bonds is 6. The Morgan fingerprint density at radius 1 is 1.30 bits per heavy atom. The van der Waals surface area contributed by atoms with E-state index in [2.05, 4.69) is 37.2 Å². The molecule has 1 unspecified atom stereocenters. The zero-order valence-electron chi connectivity index (χ0n) is 10.2. The lowest BCUT2D eigenvalue weighted by Crippen LogP contribution is -2.41. The Morgan fingerprint density at radius 3 is 2.45 bits per heavy atom. The summed E-state index contributed by atoms with van der Waals surface area (Å²) in [6.45, 7) is 0. The standard InChI is InChI=1S/C12H12Br2N2O4/c13-6-1-2-7(8(14)5-6)11(18)16-9(12(19)20)3-4-10(15)17/h1-2,5,9H,3-4H2,(H2,15,17)(H,16,18)(H,19,20). The number of carboxylic acids is 1. The van der Waals surface area contributed by atoms with Crippen LogP contribution in [0.5, 0.6) is 0 Å². The Hall–Kier alpha value is -1.41. The maximum absolute atomic E-state index is 12.0. The van der Waals surface area contributed by atoms with Gasteiger partial charge in [0.25, 0.3) is 5.91 Å². The van der Waals surface area contributed by atoms with Crippen molar-refractivity contribution in [2.45, 2.75) is 18.9 Å². The highest BCUT2D eigenvalue weighted by Crippen LogP contribution is 2.22. The Kier molecular flexibility index (Phi) is 6.15. The largest absolute Gasteiger partial charge is 0.480 e. The first-order valence-electron chi connectivity index (χ1n) is 5.58. The van der Waals surface area contributed by atoms with Gasteiger partial charge in [-0.3, -0.25) is 9.59 Å². The highest BCUT2D eigenvalue weighted by molar-refractivity contribution is 9.11. The summed E-state index contributed by atoms with van der Waals surface area (Å²) in [6, 6.07) is 3.73. The van der Waals surface area contributed by atoms with E-state index < -0.39 is 23.8 Å². The van der Waals surface area contributed by atoms with E-state index in [-0.39, 0.29) is 12.8 Å². The van der Waals surface area contributed by atoms with Crippen molar-refractivity contribution in [1.82, 2.24) is 5.32 Å². The molecule has 0 aromatic heterocycles. The normalized spacial score (nSPS) is 11.7. The Labute approximate surface area is 132 Å². The van der Waals surface area contributed by atoms with Gasteiger partial charge in [0.1, 0.15) is 6.04 Å². The van der Waals surface area contributed by atoms with Crippen molar-refractivity contribution >= 4 is 49.6 Å². The van der Waals surface area contributed by atoms with Gasteiger partial charge < -0.3 is 16.2 Å². The highest BCUT2D eigenvalue weighted by Gasteiger charge is 2.22. The molecule has 0 saturated heterocycles. The fraction of sp³-hybridized carbons (Fsp3) is 0.250. The van der Waals surface area contributed by atoms with Gasteiger partial charge >= 0.3 is 5.97 Å². The van der Waals surface area contributed by atoms with Crippen LogP contribution in [0.3, 0.4) is 0 Å². The predicted octanol–water partition coefficient (Wildman–Crippen LogP) is 1.66. The average molecular weight is 408 g/mol.